The van der Waals surface area contributed by atoms with Crippen LogP contribution >= 0.6 is 11.3 Å². The molecule has 0 fully saturated rings. The van der Waals surface area contributed by atoms with Gasteiger partial charge in [0.1, 0.15) is 16.5 Å². The monoisotopic (exact) mass is 277 g/mol. The van der Waals surface area contributed by atoms with Crippen LogP contribution in [0.15, 0.2) is 23.6 Å². The Morgan fingerprint density at radius 2 is 2.26 bits per heavy atom. The van der Waals surface area contributed by atoms with Crippen molar-refractivity contribution in [2.24, 2.45) is 5.73 Å². The molecule has 1 unspecified atom stereocenters. The molecule has 2 rings (SSSR count). The van der Waals surface area contributed by atoms with Crippen LogP contribution in [-0.2, 0) is 0 Å². The molecule has 0 aliphatic heterocycles. The number of anilines is 1. The first-order valence-electron chi connectivity index (χ1n) is 5.79. The summed E-state index contributed by atoms with van der Waals surface area (Å²) in [6, 6.07) is 4.81. The van der Waals surface area contributed by atoms with Crippen molar-refractivity contribution in [1.82, 2.24) is 4.98 Å². The topological polar surface area (TPSA) is 88.2 Å². The summed E-state index contributed by atoms with van der Waals surface area (Å²) >= 11 is 1.34. The van der Waals surface area contributed by atoms with Gasteiger partial charge in [-0.25, -0.2) is 4.98 Å². The number of carbonyl (C=O) groups excluding carboxylic acids is 1. The Morgan fingerprint density at radius 1 is 1.53 bits per heavy atom. The molecule has 1 amide bonds. The van der Waals surface area contributed by atoms with Crippen molar-refractivity contribution >= 4 is 22.9 Å². The molecular weight excluding hydrogens is 262 g/mol. The number of aryl methyl sites for hydroxylation is 1. The number of aromatic nitrogens is 1. The first-order chi connectivity index (χ1) is 8.97. The average Bonchev–Trinajstić information content (AvgIpc) is 2.83. The van der Waals surface area contributed by atoms with Crippen LogP contribution < -0.4 is 11.1 Å². The van der Waals surface area contributed by atoms with Gasteiger partial charge in [-0.05, 0) is 31.5 Å². The number of nitrogens with two attached hydrogens (primary N) is 1. The molecule has 5 nitrogen and oxygen atoms in total. The Hall–Kier alpha value is -1.92. The standard InChI is InChI=1S/C13H15N3O2S/c1-7-3-4-11(17)9(5-7)15-12(18)10-6-19-13(16-10)8(2)14/h3-6,8,17H,14H2,1-2H3,(H,15,18). The third-order valence-corrected chi connectivity index (χ3v) is 3.59. The number of phenols is 1. The van der Waals surface area contributed by atoms with Gasteiger partial charge in [0.05, 0.1) is 11.7 Å². The number of hydrogen-bond acceptors (Lipinski definition) is 5. The zero-order valence-corrected chi connectivity index (χ0v) is 11.5. The van der Waals surface area contributed by atoms with Gasteiger partial charge in [0.15, 0.2) is 0 Å². The minimum Gasteiger partial charge on any atom is -0.506 e. The second-order valence-electron chi connectivity index (χ2n) is 4.33. The molecule has 0 spiro atoms. The number of amides is 1. The maximum absolute atomic E-state index is 12.0. The SMILES string of the molecule is Cc1ccc(O)c(NC(=O)c2csc(C(C)N)n2)c1. The number of thiazole rings is 1. The lowest BCUT2D eigenvalue weighted by Crippen LogP contribution is -2.13. The van der Waals surface area contributed by atoms with Crippen LogP contribution in [0.4, 0.5) is 5.69 Å². The van der Waals surface area contributed by atoms with Crippen molar-refractivity contribution in [3.8, 4) is 5.75 Å². The second kappa shape index (κ2) is 5.38. The largest absolute Gasteiger partial charge is 0.506 e. The molecule has 0 radical (unpaired) electrons. The smallest absolute Gasteiger partial charge is 0.275 e. The highest BCUT2D eigenvalue weighted by Gasteiger charge is 2.14. The van der Waals surface area contributed by atoms with E-state index in [1.54, 1.807) is 23.6 Å². The first-order valence-corrected chi connectivity index (χ1v) is 6.67. The summed E-state index contributed by atoms with van der Waals surface area (Å²) in [6.07, 6.45) is 0. The number of carbonyl (C=O) groups is 1. The number of hydrogen-bond donors (Lipinski definition) is 3. The van der Waals surface area contributed by atoms with Crippen molar-refractivity contribution in [3.63, 3.8) is 0 Å². The van der Waals surface area contributed by atoms with Crippen molar-refractivity contribution in [2.45, 2.75) is 19.9 Å². The molecule has 0 bridgehead atoms. The van der Waals surface area contributed by atoms with Gasteiger partial charge < -0.3 is 16.2 Å². The van der Waals surface area contributed by atoms with Crippen LogP contribution in [0.3, 0.4) is 0 Å². The fourth-order valence-electron chi connectivity index (χ4n) is 1.54. The molecule has 0 aliphatic carbocycles. The van der Waals surface area contributed by atoms with E-state index in [2.05, 4.69) is 10.3 Å². The summed E-state index contributed by atoms with van der Waals surface area (Å²) in [5, 5.41) is 14.7. The Morgan fingerprint density at radius 3 is 2.89 bits per heavy atom. The Bertz CT molecular complexity index is 608. The molecule has 0 aliphatic rings. The van der Waals surface area contributed by atoms with E-state index >= 15 is 0 Å². The average molecular weight is 277 g/mol. The van der Waals surface area contributed by atoms with Crippen molar-refractivity contribution in [3.05, 3.63) is 39.8 Å². The van der Waals surface area contributed by atoms with Crippen molar-refractivity contribution in [1.29, 1.82) is 0 Å². The highest BCUT2D eigenvalue weighted by molar-refractivity contribution is 7.09. The van der Waals surface area contributed by atoms with Gasteiger partial charge in [0.2, 0.25) is 0 Å². The van der Waals surface area contributed by atoms with Crippen molar-refractivity contribution < 1.29 is 9.90 Å². The van der Waals surface area contributed by atoms with Gasteiger partial charge >= 0.3 is 0 Å². The first kappa shape index (κ1) is 13.5. The molecular formula is C13H15N3O2S. The van der Waals surface area contributed by atoms with Gasteiger partial charge in [-0.15, -0.1) is 11.3 Å². The van der Waals surface area contributed by atoms with Gasteiger partial charge in [-0.2, -0.15) is 0 Å². The molecule has 1 aromatic heterocycles. The molecule has 19 heavy (non-hydrogen) atoms. The quantitative estimate of drug-likeness (QED) is 0.752. The maximum atomic E-state index is 12.0. The van der Waals surface area contributed by atoms with E-state index in [1.165, 1.54) is 11.3 Å². The number of aromatic hydroxyl groups is 1. The molecule has 2 aromatic rings. The van der Waals surface area contributed by atoms with E-state index in [0.29, 0.717) is 16.4 Å². The van der Waals surface area contributed by atoms with Crippen LogP contribution in [0, 0.1) is 6.92 Å². The number of nitrogens with one attached hydrogen (secondary N) is 1. The van der Waals surface area contributed by atoms with E-state index in [4.69, 9.17) is 5.73 Å². The molecule has 0 saturated carbocycles. The predicted octanol–water partition coefficient (Wildman–Crippen LogP) is 2.43. The molecule has 100 valence electrons. The van der Waals surface area contributed by atoms with Crippen LogP contribution in [0.2, 0.25) is 0 Å². The van der Waals surface area contributed by atoms with Crippen LogP contribution in [0.25, 0.3) is 0 Å². The Balaban J connectivity index is 2.18. The second-order valence-corrected chi connectivity index (χ2v) is 5.22. The lowest BCUT2D eigenvalue weighted by Gasteiger charge is -2.06. The van der Waals surface area contributed by atoms with Crippen LogP contribution in [0.5, 0.6) is 5.75 Å². The minimum absolute atomic E-state index is 0.0293. The zero-order chi connectivity index (χ0) is 14.0. The minimum atomic E-state index is -0.357. The van der Waals surface area contributed by atoms with Gasteiger partial charge in [-0.1, -0.05) is 6.07 Å². The van der Waals surface area contributed by atoms with E-state index < -0.39 is 0 Å². The summed E-state index contributed by atoms with van der Waals surface area (Å²) in [5.41, 5.74) is 7.33. The predicted molar refractivity (Wildman–Crippen MR) is 75.5 cm³/mol. The number of rotatable bonds is 3. The van der Waals surface area contributed by atoms with Crippen LogP contribution in [0.1, 0.15) is 34.0 Å². The highest BCUT2D eigenvalue weighted by atomic mass is 32.1. The summed E-state index contributed by atoms with van der Waals surface area (Å²) in [5.74, 6) is -0.328. The number of benzene rings is 1. The van der Waals surface area contributed by atoms with E-state index in [0.717, 1.165) is 5.56 Å². The van der Waals surface area contributed by atoms with E-state index in [-0.39, 0.29) is 17.7 Å². The fraction of sp³-hybridized carbons (Fsp3) is 0.231. The van der Waals surface area contributed by atoms with Crippen LogP contribution in [-0.4, -0.2) is 16.0 Å². The molecule has 1 atom stereocenters. The van der Waals surface area contributed by atoms with Gasteiger partial charge in [0, 0.05) is 5.38 Å². The third-order valence-electron chi connectivity index (χ3n) is 2.54. The Labute approximate surface area is 115 Å². The summed E-state index contributed by atoms with van der Waals surface area (Å²) in [6.45, 7) is 3.69. The lowest BCUT2D eigenvalue weighted by molar-refractivity contribution is 0.102. The fourth-order valence-corrected chi connectivity index (χ4v) is 2.30. The summed E-state index contributed by atoms with van der Waals surface area (Å²) in [7, 11) is 0. The number of nitrogens with zero attached hydrogens (tertiary/aromatic N) is 1. The van der Waals surface area contributed by atoms with Gasteiger partial charge in [0.25, 0.3) is 5.91 Å². The zero-order valence-electron chi connectivity index (χ0n) is 10.7. The van der Waals surface area contributed by atoms with Gasteiger partial charge in [-0.3, -0.25) is 4.79 Å². The summed E-state index contributed by atoms with van der Waals surface area (Å²) in [4.78, 5) is 16.2. The highest BCUT2D eigenvalue weighted by Crippen LogP contribution is 2.25. The normalized spacial score (nSPS) is 12.2. The Kier molecular flexibility index (Phi) is 3.82. The molecule has 1 heterocycles. The van der Waals surface area contributed by atoms with Crippen molar-refractivity contribution in [2.75, 3.05) is 5.32 Å². The number of phenolic OH excluding ortho intramolecular Hbond substituents is 1. The maximum Gasteiger partial charge on any atom is 0.275 e. The lowest BCUT2D eigenvalue weighted by atomic mass is 10.2. The molecule has 1 aromatic carbocycles. The molecule has 4 N–H and O–H groups in total. The molecule has 0 saturated heterocycles. The van der Waals surface area contributed by atoms with E-state index in [1.807, 2.05) is 13.8 Å². The third kappa shape index (κ3) is 3.10. The molecule has 6 heteroatoms. The summed E-state index contributed by atoms with van der Waals surface area (Å²) < 4.78 is 0. The van der Waals surface area contributed by atoms with E-state index in [9.17, 15) is 9.90 Å².